The highest BCUT2D eigenvalue weighted by atomic mass is 16.6. The van der Waals surface area contributed by atoms with E-state index >= 15 is 0 Å². The van der Waals surface area contributed by atoms with Gasteiger partial charge in [-0.2, -0.15) is 0 Å². The number of aromatic carboxylic acids is 1. The van der Waals surface area contributed by atoms with E-state index in [2.05, 4.69) is 44.7 Å². The van der Waals surface area contributed by atoms with Gasteiger partial charge in [0, 0.05) is 35.4 Å². The zero-order valence-corrected chi connectivity index (χ0v) is 25.1. The predicted octanol–water partition coefficient (Wildman–Crippen LogP) is 8.12. The number of nitrogens with one attached hydrogen (secondary N) is 1. The second kappa shape index (κ2) is 13.2. The van der Waals surface area contributed by atoms with Gasteiger partial charge in [-0.25, -0.2) is 9.78 Å². The van der Waals surface area contributed by atoms with Crippen molar-refractivity contribution >= 4 is 29.3 Å². The second-order valence-electron chi connectivity index (χ2n) is 10.7. The van der Waals surface area contributed by atoms with Crippen LogP contribution in [0.15, 0.2) is 145 Å². The van der Waals surface area contributed by atoms with Crippen molar-refractivity contribution in [1.82, 2.24) is 19.4 Å². The van der Waals surface area contributed by atoms with E-state index in [4.69, 9.17) is 9.82 Å². The van der Waals surface area contributed by atoms with Gasteiger partial charge in [0.05, 0.1) is 23.7 Å². The third-order valence-electron chi connectivity index (χ3n) is 7.63. The highest BCUT2D eigenvalue weighted by molar-refractivity contribution is 5.88. The molecular formula is C38H28N6O3. The first-order valence-electron chi connectivity index (χ1n) is 14.9. The monoisotopic (exact) mass is 616 g/mol. The average Bonchev–Trinajstić information content (AvgIpc) is 3.49. The molecule has 0 aliphatic heterocycles. The molecule has 0 saturated carbocycles. The fourth-order valence-electron chi connectivity index (χ4n) is 5.17. The van der Waals surface area contributed by atoms with Crippen LogP contribution < -0.4 is 5.32 Å². The van der Waals surface area contributed by atoms with Crippen molar-refractivity contribution in [1.29, 1.82) is 0 Å². The number of oxime groups is 1. The number of nitrogens with zero attached hydrogens (tertiary/aromatic N) is 5. The summed E-state index contributed by atoms with van der Waals surface area (Å²) in [7, 11) is 0. The number of hydrogen-bond acceptors (Lipinski definition) is 7. The molecule has 7 aromatic rings. The van der Waals surface area contributed by atoms with E-state index in [1.807, 2.05) is 77.3 Å². The molecule has 0 atom stereocenters. The summed E-state index contributed by atoms with van der Waals surface area (Å²) in [5, 5.41) is 16.9. The molecule has 0 unspecified atom stereocenters. The molecule has 3 heterocycles. The molecule has 0 saturated heterocycles. The summed E-state index contributed by atoms with van der Waals surface area (Å²) in [6.45, 7) is 0.307. The molecule has 0 aliphatic rings. The highest BCUT2D eigenvalue weighted by Crippen LogP contribution is 2.33. The molecule has 0 radical (unpaired) electrons. The van der Waals surface area contributed by atoms with Gasteiger partial charge >= 0.3 is 5.97 Å². The van der Waals surface area contributed by atoms with Crippen molar-refractivity contribution in [3.63, 3.8) is 0 Å². The average molecular weight is 617 g/mol. The maximum atomic E-state index is 11.4. The van der Waals surface area contributed by atoms with Gasteiger partial charge in [0.2, 0.25) is 0 Å². The van der Waals surface area contributed by atoms with E-state index in [1.165, 1.54) is 0 Å². The molecule has 4 aromatic carbocycles. The fraction of sp³-hybridized carbons (Fsp3) is 0.0263. The lowest BCUT2D eigenvalue weighted by atomic mass is 10.1. The van der Waals surface area contributed by atoms with Crippen molar-refractivity contribution in [2.24, 2.45) is 5.16 Å². The smallest absolute Gasteiger partial charge is 0.335 e. The first-order valence-corrected chi connectivity index (χ1v) is 14.9. The van der Waals surface area contributed by atoms with Crippen LogP contribution in [0.3, 0.4) is 0 Å². The third kappa shape index (κ3) is 6.59. The van der Waals surface area contributed by atoms with Crippen LogP contribution in [0, 0.1) is 0 Å². The number of aromatic nitrogens is 4. The number of rotatable bonds is 10. The lowest BCUT2D eigenvalue weighted by Gasteiger charge is -2.10. The Bertz CT molecular complexity index is 2160. The SMILES string of the molecule is O=C(O)c1ccc(Nc2c(-c3ccc(CON=Cc4ccc(-c5cnccn5)cc4)cc3)nc3cc(-c4ccccc4)ccn23)cc1. The quantitative estimate of drug-likeness (QED) is 0.118. The topological polar surface area (TPSA) is 114 Å². The molecule has 0 fully saturated rings. The van der Waals surface area contributed by atoms with E-state index in [0.29, 0.717) is 6.61 Å². The number of carboxylic acid groups (broad SMARTS) is 1. The molecule has 47 heavy (non-hydrogen) atoms. The van der Waals surface area contributed by atoms with Gasteiger partial charge in [-0.3, -0.25) is 14.4 Å². The van der Waals surface area contributed by atoms with E-state index in [9.17, 15) is 9.90 Å². The van der Waals surface area contributed by atoms with Crippen LogP contribution in [0.2, 0.25) is 0 Å². The zero-order chi connectivity index (χ0) is 32.0. The maximum Gasteiger partial charge on any atom is 0.335 e. The molecule has 7 rings (SSSR count). The molecule has 9 nitrogen and oxygen atoms in total. The molecule has 0 bridgehead atoms. The van der Waals surface area contributed by atoms with Crippen LogP contribution in [-0.4, -0.2) is 36.6 Å². The molecule has 3 aromatic heterocycles. The van der Waals surface area contributed by atoms with E-state index in [-0.39, 0.29) is 5.56 Å². The van der Waals surface area contributed by atoms with Gasteiger partial charge in [0.25, 0.3) is 0 Å². The van der Waals surface area contributed by atoms with E-state index in [0.717, 1.165) is 61.9 Å². The van der Waals surface area contributed by atoms with Gasteiger partial charge in [-0.15, -0.1) is 0 Å². The Balaban J connectivity index is 1.10. The molecular weight excluding hydrogens is 588 g/mol. The van der Waals surface area contributed by atoms with Crippen LogP contribution >= 0.6 is 0 Å². The molecule has 0 aliphatic carbocycles. The Morgan fingerprint density at radius 2 is 1.60 bits per heavy atom. The van der Waals surface area contributed by atoms with Crippen molar-refractivity contribution in [3.8, 4) is 33.6 Å². The largest absolute Gasteiger partial charge is 0.478 e. The Hall–Kier alpha value is -6.61. The first-order chi connectivity index (χ1) is 23.1. The van der Waals surface area contributed by atoms with Gasteiger partial charge in [0.1, 0.15) is 23.8 Å². The first kappa shape index (κ1) is 29.1. The van der Waals surface area contributed by atoms with Crippen LogP contribution in [0.1, 0.15) is 21.5 Å². The number of anilines is 2. The normalized spacial score (nSPS) is 11.1. The minimum atomic E-state index is -0.969. The Morgan fingerprint density at radius 3 is 2.32 bits per heavy atom. The predicted molar refractivity (Wildman–Crippen MR) is 183 cm³/mol. The van der Waals surface area contributed by atoms with Gasteiger partial charge in [0.15, 0.2) is 0 Å². The lowest BCUT2D eigenvalue weighted by Crippen LogP contribution is -1.99. The summed E-state index contributed by atoms with van der Waals surface area (Å²) < 4.78 is 2.00. The minimum Gasteiger partial charge on any atom is -0.478 e. The highest BCUT2D eigenvalue weighted by Gasteiger charge is 2.16. The van der Waals surface area contributed by atoms with Gasteiger partial charge in [-0.05, 0) is 58.7 Å². The molecule has 2 N–H and O–H groups in total. The maximum absolute atomic E-state index is 11.4. The van der Waals surface area contributed by atoms with Crippen molar-refractivity contribution < 1.29 is 14.7 Å². The third-order valence-corrected chi connectivity index (χ3v) is 7.63. The Kier molecular flexibility index (Phi) is 8.16. The summed E-state index contributed by atoms with van der Waals surface area (Å²) in [6, 6.07) is 36.8. The summed E-state index contributed by atoms with van der Waals surface area (Å²) in [5.74, 6) is -0.204. The fourth-order valence-corrected chi connectivity index (χ4v) is 5.17. The summed E-state index contributed by atoms with van der Waals surface area (Å²) in [5.41, 5.74) is 9.23. The van der Waals surface area contributed by atoms with Gasteiger partial charge in [-0.1, -0.05) is 84.0 Å². The second-order valence-corrected chi connectivity index (χ2v) is 10.7. The number of pyridine rings is 1. The summed E-state index contributed by atoms with van der Waals surface area (Å²) in [6.07, 6.45) is 8.72. The number of hydrogen-bond donors (Lipinski definition) is 2. The summed E-state index contributed by atoms with van der Waals surface area (Å²) in [4.78, 5) is 30.4. The molecule has 9 heteroatoms. The minimum absolute atomic E-state index is 0.222. The van der Waals surface area contributed by atoms with Crippen LogP contribution in [-0.2, 0) is 11.4 Å². The van der Waals surface area contributed by atoms with Crippen LogP contribution in [0.4, 0.5) is 11.5 Å². The lowest BCUT2D eigenvalue weighted by molar-refractivity contribution is 0.0697. The van der Waals surface area contributed by atoms with Crippen LogP contribution in [0.5, 0.6) is 0 Å². The van der Waals surface area contributed by atoms with E-state index in [1.54, 1.807) is 49.1 Å². The van der Waals surface area contributed by atoms with Crippen molar-refractivity contribution in [2.75, 3.05) is 5.32 Å². The Labute approximate surface area is 270 Å². The van der Waals surface area contributed by atoms with Crippen molar-refractivity contribution in [2.45, 2.75) is 6.61 Å². The number of carbonyl (C=O) groups is 1. The standard InChI is InChI=1S/C38H28N6O3/c45-38(46)31-14-16-33(17-15-31)42-37-36(43-35-22-32(18-21-44(35)37)28-4-2-1-3-5-28)30-12-8-27(9-13-30)25-47-41-23-26-6-10-29(11-7-26)34-24-39-19-20-40-34/h1-24,42H,25H2,(H,45,46). The number of fused-ring (bicyclic) bond motifs is 1. The van der Waals surface area contributed by atoms with E-state index < -0.39 is 5.97 Å². The number of carboxylic acids is 1. The number of benzene rings is 4. The molecule has 228 valence electrons. The summed E-state index contributed by atoms with van der Waals surface area (Å²) >= 11 is 0. The molecule has 0 amide bonds. The number of imidazole rings is 1. The van der Waals surface area contributed by atoms with Gasteiger partial charge < -0.3 is 15.3 Å². The Morgan fingerprint density at radius 1 is 0.830 bits per heavy atom. The van der Waals surface area contributed by atoms with Crippen LogP contribution in [0.25, 0.3) is 39.3 Å². The molecule has 0 spiro atoms. The zero-order valence-electron chi connectivity index (χ0n) is 25.1. The van der Waals surface area contributed by atoms with Crippen molar-refractivity contribution in [3.05, 3.63) is 157 Å².